The number of ether oxygens (including phenoxy) is 1. The van der Waals surface area contributed by atoms with Gasteiger partial charge in [-0.25, -0.2) is 4.68 Å². The monoisotopic (exact) mass is 440 g/mol. The van der Waals surface area contributed by atoms with Crippen LogP contribution in [0.25, 0.3) is 5.82 Å². The van der Waals surface area contributed by atoms with Gasteiger partial charge in [-0.2, -0.15) is 5.10 Å². The molecule has 0 N–H and O–H groups in total. The third kappa shape index (κ3) is 4.80. The summed E-state index contributed by atoms with van der Waals surface area (Å²) in [6, 6.07) is 12.8. The van der Waals surface area contributed by atoms with E-state index in [9.17, 15) is 4.79 Å². The van der Waals surface area contributed by atoms with E-state index in [0.717, 1.165) is 11.5 Å². The van der Waals surface area contributed by atoms with E-state index < -0.39 is 5.60 Å². The predicted octanol–water partition coefficient (Wildman–Crippen LogP) is 3.13. The first-order valence-electron chi connectivity index (χ1n) is 10.2. The normalized spacial score (nSPS) is 14.6. The molecule has 0 radical (unpaired) electrons. The number of rotatable bonds is 5. The van der Waals surface area contributed by atoms with E-state index in [1.54, 1.807) is 42.8 Å². The molecule has 9 heteroatoms. The smallest absolute Gasteiger partial charge is 0.266 e. The molecule has 1 amide bonds. The number of carbonyl (C=O) groups excluding carboxylic acids is 1. The first-order chi connectivity index (χ1) is 14.8. The van der Waals surface area contributed by atoms with Crippen molar-refractivity contribution in [3.05, 3.63) is 59.4 Å². The van der Waals surface area contributed by atoms with Crippen LogP contribution >= 0.6 is 11.6 Å². The summed E-state index contributed by atoms with van der Waals surface area (Å²) >= 11 is 5.92. The minimum Gasteiger partial charge on any atom is -0.478 e. The summed E-state index contributed by atoms with van der Waals surface area (Å²) in [5.74, 6) is 2.03. The Morgan fingerprint density at radius 3 is 2.19 bits per heavy atom. The fourth-order valence-corrected chi connectivity index (χ4v) is 3.64. The van der Waals surface area contributed by atoms with Gasteiger partial charge in [0, 0.05) is 37.4 Å². The lowest BCUT2D eigenvalue weighted by atomic mass is 10.1. The van der Waals surface area contributed by atoms with Gasteiger partial charge in [-0.1, -0.05) is 11.6 Å². The van der Waals surface area contributed by atoms with Gasteiger partial charge in [0.05, 0.1) is 5.69 Å². The van der Waals surface area contributed by atoms with Crippen LogP contribution < -0.4 is 9.64 Å². The summed E-state index contributed by atoms with van der Waals surface area (Å²) in [7, 11) is 0. The second kappa shape index (κ2) is 8.55. The average Bonchev–Trinajstić information content (AvgIpc) is 3.21. The summed E-state index contributed by atoms with van der Waals surface area (Å²) in [4.78, 5) is 17.0. The highest BCUT2D eigenvalue weighted by Gasteiger charge is 2.36. The van der Waals surface area contributed by atoms with Gasteiger partial charge in [0.25, 0.3) is 5.91 Å². The van der Waals surface area contributed by atoms with Gasteiger partial charge < -0.3 is 14.5 Å². The Kier molecular flexibility index (Phi) is 5.82. The molecule has 1 fully saturated rings. The van der Waals surface area contributed by atoms with Crippen molar-refractivity contribution in [1.29, 1.82) is 0 Å². The average molecular weight is 441 g/mol. The number of halogens is 1. The number of hydrogen-bond donors (Lipinski definition) is 0. The Hall–Kier alpha value is -3.13. The number of amides is 1. The van der Waals surface area contributed by atoms with Crippen LogP contribution in [0.15, 0.2) is 48.7 Å². The number of hydrogen-bond acceptors (Lipinski definition) is 6. The van der Waals surface area contributed by atoms with E-state index in [0.29, 0.717) is 42.8 Å². The Bertz CT molecular complexity index is 1040. The maximum atomic E-state index is 13.1. The molecule has 1 aliphatic rings. The third-order valence-electron chi connectivity index (χ3n) is 5.19. The van der Waals surface area contributed by atoms with Gasteiger partial charge in [0.2, 0.25) is 0 Å². The van der Waals surface area contributed by atoms with E-state index in [-0.39, 0.29) is 5.91 Å². The largest absolute Gasteiger partial charge is 0.478 e. The fourth-order valence-electron chi connectivity index (χ4n) is 3.51. The molecule has 1 saturated heterocycles. The number of carbonyl (C=O) groups is 1. The molecule has 0 aliphatic carbocycles. The van der Waals surface area contributed by atoms with E-state index in [1.165, 1.54) is 0 Å². The molecule has 1 aliphatic heterocycles. The van der Waals surface area contributed by atoms with Crippen LogP contribution in [0.5, 0.6) is 5.75 Å². The van der Waals surface area contributed by atoms with Crippen molar-refractivity contribution in [2.75, 3.05) is 31.1 Å². The van der Waals surface area contributed by atoms with Gasteiger partial charge in [-0.3, -0.25) is 4.79 Å². The van der Waals surface area contributed by atoms with Crippen LogP contribution in [0.4, 0.5) is 5.82 Å². The Morgan fingerprint density at radius 1 is 0.968 bits per heavy atom. The molecular formula is C22H25ClN6O2. The van der Waals surface area contributed by atoms with Crippen molar-refractivity contribution in [3.63, 3.8) is 0 Å². The second-order valence-electron chi connectivity index (χ2n) is 8.00. The van der Waals surface area contributed by atoms with Crippen molar-refractivity contribution in [1.82, 2.24) is 24.9 Å². The van der Waals surface area contributed by atoms with Crippen LogP contribution in [0, 0.1) is 6.92 Å². The van der Waals surface area contributed by atoms with Gasteiger partial charge in [-0.05, 0) is 63.2 Å². The fraction of sp³-hybridized carbons (Fsp3) is 0.364. The zero-order chi connectivity index (χ0) is 22.0. The Morgan fingerprint density at radius 2 is 1.61 bits per heavy atom. The summed E-state index contributed by atoms with van der Waals surface area (Å²) in [5, 5.41) is 13.6. The van der Waals surface area contributed by atoms with Gasteiger partial charge in [0.15, 0.2) is 17.2 Å². The molecule has 162 valence electrons. The number of aromatic nitrogens is 4. The molecule has 0 saturated carbocycles. The summed E-state index contributed by atoms with van der Waals surface area (Å²) in [6.45, 7) is 8.05. The van der Waals surface area contributed by atoms with Gasteiger partial charge >= 0.3 is 0 Å². The predicted molar refractivity (Wildman–Crippen MR) is 119 cm³/mol. The quantitative estimate of drug-likeness (QED) is 0.606. The molecular weight excluding hydrogens is 416 g/mol. The topological polar surface area (TPSA) is 76.4 Å². The molecule has 0 bridgehead atoms. The maximum Gasteiger partial charge on any atom is 0.266 e. The molecule has 0 atom stereocenters. The van der Waals surface area contributed by atoms with Crippen LogP contribution in [0.3, 0.4) is 0 Å². The molecule has 2 aromatic heterocycles. The molecule has 3 heterocycles. The van der Waals surface area contributed by atoms with E-state index in [2.05, 4.69) is 20.2 Å². The Balaban J connectivity index is 1.35. The molecule has 3 aromatic rings. The highest BCUT2D eigenvalue weighted by molar-refractivity contribution is 6.30. The van der Waals surface area contributed by atoms with Gasteiger partial charge in [0.1, 0.15) is 5.75 Å². The molecule has 8 nitrogen and oxygen atoms in total. The zero-order valence-electron chi connectivity index (χ0n) is 17.8. The van der Waals surface area contributed by atoms with Crippen molar-refractivity contribution in [2.45, 2.75) is 26.4 Å². The summed E-state index contributed by atoms with van der Waals surface area (Å²) < 4.78 is 7.65. The molecule has 0 unspecified atom stereocenters. The van der Waals surface area contributed by atoms with Crippen LogP contribution in [0.2, 0.25) is 5.02 Å². The zero-order valence-corrected chi connectivity index (χ0v) is 18.6. The van der Waals surface area contributed by atoms with E-state index >= 15 is 0 Å². The minimum absolute atomic E-state index is 0.0439. The molecule has 0 spiro atoms. The highest BCUT2D eigenvalue weighted by Crippen LogP contribution is 2.23. The van der Waals surface area contributed by atoms with Crippen molar-refractivity contribution in [3.8, 4) is 11.6 Å². The lowest BCUT2D eigenvalue weighted by Gasteiger charge is -2.38. The number of piperazine rings is 1. The number of anilines is 1. The minimum atomic E-state index is -0.973. The van der Waals surface area contributed by atoms with Crippen molar-refractivity contribution >= 4 is 23.3 Å². The number of benzene rings is 1. The third-order valence-corrected chi connectivity index (χ3v) is 5.44. The number of nitrogens with zero attached hydrogens (tertiary/aromatic N) is 6. The van der Waals surface area contributed by atoms with Crippen molar-refractivity contribution in [2.24, 2.45) is 0 Å². The van der Waals surface area contributed by atoms with Crippen LogP contribution in [-0.2, 0) is 4.79 Å². The lowest BCUT2D eigenvalue weighted by Crippen LogP contribution is -2.56. The second-order valence-corrected chi connectivity index (χ2v) is 8.43. The standard InChI is InChI=1S/C22H25ClN6O2/c1-16-10-11-29(26-16)20-9-8-19(24-25-20)27-12-14-28(15-13-27)21(30)22(2,3)31-18-6-4-17(23)5-7-18/h4-11H,12-15H2,1-3H3. The molecule has 4 rings (SSSR count). The molecule has 31 heavy (non-hydrogen) atoms. The SMILES string of the molecule is Cc1ccn(-c2ccc(N3CCN(C(=O)C(C)(C)Oc4ccc(Cl)cc4)CC3)nn2)n1. The van der Waals surface area contributed by atoms with Crippen molar-refractivity contribution < 1.29 is 9.53 Å². The van der Waals surface area contributed by atoms with E-state index in [4.69, 9.17) is 16.3 Å². The maximum absolute atomic E-state index is 13.1. The highest BCUT2D eigenvalue weighted by atomic mass is 35.5. The van der Waals surface area contributed by atoms with E-state index in [1.807, 2.05) is 36.2 Å². The summed E-state index contributed by atoms with van der Waals surface area (Å²) in [6.07, 6.45) is 1.86. The molecule has 1 aromatic carbocycles. The van der Waals surface area contributed by atoms with Crippen LogP contribution in [0.1, 0.15) is 19.5 Å². The summed E-state index contributed by atoms with van der Waals surface area (Å²) in [5.41, 5.74) is -0.0473. The first-order valence-corrected chi connectivity index (χ1v) is 10.5. The van der Waals surface area contributed by atoms with Gasteiger partial charge in [-0.15, -0.1) is 10.2 Å². The Labute approximate surface area is 186 Å². The lowest BCUT2D eigenvalue weighted by molar-refractivity contribution is -0.145. The van der Waals surface area contributed by atoms with Crippen LogP contribution in [-0.4, -0.2) is 62.6 Å². The number of aryl methyl sites for hydroxylation is 1. The first kappa shape index (κ1) is 21.1.